The Morgan fingerprint density at radius 1 is 1.06 bits per heavy atom. The summed E-state index contributed by atoms with van der Waals surface area (Å²) in [4.78, 5) is 23.6. The molecule has 0 aliphatic rings. The molecule has 0 atom stereocenters. The van der Waals surface area contributed by atoms with Crippen molar-refractivity contribution in [2.45, 2.75) is 56.9 Å². The van der Waals surface area contributed by atoms with E-state index in [-0.39, 0.29) is 38.2 Å². The number of benzene rings is 2. The van der Waals surface area contributed by atoms with E-state index < -0.39 is 26.3 Å². The molecule has 0 unspecified atom stereocenters. The van der Waals surface area contributed by atoms with Crippen LogP contribution in [0.15, 0.2) is 52.3 Å². The summed E-state index contributed by atoms with van der Waals surface area (Å²) >= 11 is 0. The molecule has 0 N–H and O–H groups in total. The largest absolute Gasteiger partial charge is 0.403 e. The molecule has 0 radical (unpaired) electrons. The van der Waals surface area contributed by atoms with E-state index in [0.717, 1.165) is 5.56 Å². The van der Waals surface area contributed by atoms with Crippen LogP contribution in [0, 0.1) is 30.9 Å². The standard InChI is InChI=1S/C23H25N3O6S/c1-14-10-12-17(13-11-14)33(30,31)20-16(3)24-25(23(4,5)6)21(20)32-22(27)18-8-7-9-19(15(18)2)26(28)29/h7-13H,1-6H3. The SMILES string of the molecule is Cc1ccc(S(=O)(=O)c2c(C)nn(C(C)(C)C)c2OC(=O)c2cccc([N+](=O)[O-])c2C)cc1. The Kier molecular flexibility index (Phi) is 6.16. The van der Waals surface area contributed by atoms with Crippen LogP contribution in [0.1, 0.15) is 48.0 Å². The van der Waals surface area contributed by atoms with Gasteiger partial charge in [0.2, 0.25) is 15.7 Å². The maximum absolute atomic E-state index is 13.5. The minimum atomic E-state index is -4.08. The lowest BCUT2D eigenvalue weighted by Crippen LogP contribution is -2.26. The fourth-order valence-electron chi connectivity index (χ4n) is 3.37. The van der Waals surface area contributed by atoms with Crippen molar-refractivity contribution in [1.82, 2.24) is 9.78 Å². The molecule has 3 aromatic rings. The highest BCUT2D eigenvalue weighted by atomic mass is 32.2. The van der Waals surface area contributed by atoms with Gasteiger partial charge in [-0.05, 0) is 59.7 Å². The second kappa shape index (κ2) is 8.43. The number of rotatable bonds is 5. The first-order valence-electron chi connectivity index (χ1n) is 10.1. The number of nitro groups is 1. The first kappa shape index (κ1) is 24.1. The van der Waals surface area contributed by atoms with Crippen molar-refractivity contribution in [3.63, 3.8) is 0 Å². The number of carbonyl (C=O) groups excluding carboxylic acids is 1. The summed E-state index contributed by atoms with van der Waals surface area (Å²) in [6, 6.07) is 10.4. The fraction of sp³-hybridized carbons (Fsp3) is 0.304. The van der Waals surface area contributed by atoms with Gasteiger partial charge < -0.3 is 4.74 Å². The zero-order valence-corrected chi connectivity index (χ0v) is 20.1. The van der Waals surface area contributed by atoms with Crippen LogP contribution in [0.2, 0.25) is 0 Å². The highest BCUT2D eigenvalue weighted by molar-refractivity contribution is 7.91. The average Bonchev–Trinajstić information content (AvgIpc) is 3.05. The Balaban J connectivity index is 2.19. The van der Waals surface area contributed by atoms with Gasteiger partial charge in [0.25, 0.3) is 5.69 Å². The third-order valence-electron chi connectivity index (χ3n) is 5.11. The van der Waals surface area contributed by atoms with E-state index in [4.69, 9.17) is 4.74 Å². The van der Waals surface area contributed by atoms with Crippen LogP contribution >= 0.6 is 0 Å². The lowest BCUT2D eigenvalue weighted by Gasteiger charge is -2.22. The Morgan fingerprint density at radius 2 is 1.67 bits per heavy atom. The van der Waals surface area contributed by atoms with Gasteiger partial charge in [-0.15, -0.1) is 0 Å². The van der Waals surface area contributed by atoms with Gasteiger partial charge in [-0.1, -0.05) is 23.8 Å². The number of sulfone groups is 1. The minimum Gasteiger partial charge on any atom is -0.403 e. The first-order chi connectivity index (χ1) is 15.2. The van der Waals surface area contributed by atoms with Gasteiger partial charge >= 0.3 is 5.97 Å². The summed E-state index contributed by atoms with van der Waals surface area (Å²) in [5, 5.41) is 15.6. The van der Waals surface area contributed by atoms with Crippen molar-refractivity contribution in [2.75, 3.05) is 0 Å². The summed E-state index contributed by atoms with van der Waals surface area (Å²) < 4.78 is 34.0. The number of hydrogen-bond donors (Lipinski definition) is 0. The van der Waals surface area contributed by atoms with Crippen LogP contribution in [0.3, 0.4) is 0 Å². The van der Waals surface area contributed by atoms with Gasteiger partial charge in [-0.2, -0.15) is 5.10 Å². The summed E-state index contributed by atoms with van der Waals surface area (Å²) in [6.07, 6.45) is 0. The highest BCUT2D eigenvalue weighted by Crippen LogP contribution is 2.36. The second-order valence-electron chi connectivity index (χ2n) is 8.72. The molecule has 0 aliphatic heterocycles. The maximum atomic E-state index is 13.5. The van der Waals surface area contributed by atoms with Crippen LogP contribution in [-0.2, 0) is 15.4 Å². The molecule has 0 aliphatic carbocycles. The Hall–Kier alpha value is -3.53. The first-order valence-corrected chi connectivity index (χ1v) is 11.6. The van der Waals surface area contributed by atoms with Crippen molar-refractivity contribution in [3.05, 3.63) is 75.0 Å². The van der Waals surface area contributed by atoms with Crippen LogP contribution in [0.4, 0.5) is 5.69 Å². The number of ether oxygens (including phenoxy) is 1. The summed E-state index contributed by atoms with van der Waals surface area (Å²) in [5.41, 5.74) is 0.181. The molecular weight excluding hydrogens is 446 g/mol. The average molecular weight is 472 g/mol. The molecule has 0 bridgehead atoms. The monoisotopic (exact) mass is 471 g/mol. The smallest absolute Gasteiger partial charge is 0.345 e. The predicted octanol–water partition coefficient (Wildman–Crippen LogP) is 4.52. The second-order valence-corrected chi connectivity index (χ2v) is 10.6. The van der Waals surface area contributed by atoms with Gasteiger partial charge in [0.15, 0.2) is 4.90 Å². The molecule has 0 amide bonds. The van der Waals surface area contributed by atoms with Gasteiger partial charge in [0.1, 0.15) is 0 Å². The van der Waals surface area contributed by atoms with E-state index in [1.54, 1.807) is 32.9 Å². The van der Waals surface area contributed by atoms with E-state index in [1.165, 1.54) is 48.9 Å². The topological polar surface area (TPSA) is 121 Å². The zero-order valence-electron chi connectivity index (χ0n) is 19.2. The van der Waals surface area contributed by atoms with Crippen molar-refractivity contribution in [1.29, 1.82) is 0 Å². The number of nitro benzene ring substituents is 1. The molecule has 33 heavy (non-hydrogen) atoms. The number of aryl methyl sites for hydroxylation is 2. The number of hydrogen-bond acceptors (Lipinski definition) is 7. The molecule has 1 heterocycles. The van der Waals surface area contributed by atoms with Gasteiger partial charge in [0, 0.05) is 11.6 Å². The van der Waals surface area contributed by atoms with E-state index in [0.29, 0.717) is 0 Å². The van der Waals surface area contributed by atoms with Gasteiger partial charge in [0.05, 0.1) is 26.6 Å². The lowest BCUT2D eigenvalue weighted by molar-refractivity contribution is -0.385. The predicted molar refractivity (Wildman–Crippen MR) is 121 cm³/mol. The van der Waals surface area contributed by atoms with Crippen molar-refractivity contribution >= 4 is 21.5 Å². The normalized spacial score (nSPS) is 11.9. The highest BCUT2D eigenvalue weighted by Gasteiger charge is 2.35. The maximum Gasteiger partial charge on any atom is 0.345 e. The number of carbonyl (C=O) groups is 1. The van der Waals surface area contributed by atoms with E-state index in [2.05, 4.69) is 5.10 Å². The third-order valence-corrected chi connectivity index (χ3v) is 7.01. The minimum absolute atomic E-state index is 0.0356. The molecule has 1 aromatic heterocycles. The van der Waals surface area contributed by atoms with Crippen molar-refractivity contribution < 1.29 is 22.9 Å². The molecular formula is C23H25N3O6S. The Bertz CT molecular complexity index is 1350. The van der Waals surface area contributed by atoms with Crippen LogP contribution in [0.5, 0.6) is 5.88 Å². The van der Waals surface area contributed by atoms with E-state index in [1.807, 2.05) is 6.92 Å². The van der Waals surface area contributed by atoms with E-state index in [9.17, 15) is 23.3 Å². The molecule has 2 aromatic carbocycles. The fourth-order valence-corrected chi connectivity index (χ4v) is 4.88. The lowest BCUT2D eigenvalue weighted by atomic mass is 10.1. The molecule has 0 saturated heterocycles. The third kappa shape index (κ3) is 4.51. The molecule has 0 saturated carbocycles. The number of nitrogens with zero attached hydrogens (tertiary/aromatic N) is 3. The number of aromatic nitrogens is 2. The van der Waals surface area contributed by atoms with Crippen LogP contribution in [0.25, 0.3) is 0 Å². The quantitative estimate of drug-likeness (QED) is 0.304. The molecule has 9 nitrogen and oxygen atoms in total. The Morgan fingerprint density at radius 3 is 2.21 bits per heavy atom. The van der Waals surface area contributed by atoms with Crippen LogP contribution in [-0.4, -0.2) is 29.1 Å². The molecule has 0 spiro atoms. The molecule has 3 rings (SSSR count). The number of esters is 1. The molecule has 0 fully saturated rings. The van der Waals surface area contributed by atoms with Crippen molar-refractivity contribution in [2.24, 2.45) is 0 Å². The summed E-state index contributed by atoms with van der Waals surface area (Å²) in [6.45, 7) is 10.2. The molecule has 174 valence electrons. The van der Waals surface area contributed by atoms with Crippen molar-refractivity contribution in [3.8, 4) is 5.88 Å². The van der Waals surface area contributed by atoms with Crippen LogP contribution < -0.4 is 4.74 Å². The Labute approximate surface area is 192 Å². The summed E-state index contributed by atoms with van der Waals surface area (Å²) in [5.74, 6) is -1.15. The van der Waals surface area contributed by atoms with Gasteiger partial charge in [-0.25, -0.2) is 17.9 Å². The van der Waals surface area contributed by atoms with E-state index >= 15 is 0 Å². The molecule has 10 heteroatoms. The summed E-state index contributed by atoms with van der Waals surface area (Å²) in [7, 11) is -4.08. The van der Waals surface area contributed by atoms with Gasteiger partial charge in [-0.3, -0.25) is 10.1 Å². The zero-order chi connectivity index (χ0) is 24.7.